The molecule has 0 saturated carbocycles. The molecule has 0 aliphatic carbocycles. The molecule has 0 aliphatic rings. The summed E-state index contributed by atoms with van der Waals surface area (Å²) in [6, 6.07) is 0.895. The lowest BCUT2D eigenvalue weighted by atomic mass is 10.4. The van der Waals surface area contributed by atoms with E-state index in [9.17, 15) is 4.79 Å². The van der Waals surface area contributed by atoms with E-state index in [0.29, 0.717) is 19.8 Å². The summed E-state index contributed by atoms with van der Waals surface area (Å²) in [5.74, 6) is -0.129. The molecule has 0 radical (unpaired) electrons. The van der Waals surface area contributed by atoms with Gasteiger partial charge in [-0.2, -0.15) is 0 Å². The molecule has 0 unspecified atom stereocenters. The summed E-state index contributed by atoms with van der Waals surface area (Å²) in [6.45, 7) is 11.4. The van der Waals surface area contributed by atoms with Crippen molar-refractivity contribution in [1.82, 2.24) is 5.32 Å². The van der Waals surface area contributed by atoms with Crippen LogP contribution in [0.2, 0.25) is 12.6 Å². The third-order valence-electron chi connectivity index (χ3n) is 2.19. The van der Waals surface area contributed by atoms with Gasteiger partial charge in [0.05, 0.1) is 0 Å². The molecule has 4 nitrogen and oxygen atoms in total. The Hall–Kier alpha value is -0.653. The lowest BCUT2D eigenvalue weighted by Crippen LogP contribution is -2.39. The van der Waals surface area contributed by atoms with Crippen LogP contribution in [-0.4, -0.2) is 34.2 Å². The van der Waals surface area contributed by atoms with E-state index in [2.05, 4.69) is 18.4 Å². The molecule has 0 bridgehead atoms. The minimum absolute atomic E-state index is 0.129. The van der Waals surface area contributed by atoms with Crippen LogP contribution in [0.25, 0.3) is 0 Å². The van der Waals surface area contributed by atoms with E-state index >= 15 is 0 Å². The first-order valence-corrected chi connectivity index (χ1v) is 8.28. The van der Waals surface area contributed by atoms with Crippen molar-refractivity contribution >= 4 is 14.5 Å². The summed E-state index contributed by atoms with van der Waals surface area (Å²) in [5, 5.41) is 2.74. The topological polar surface area (TPSA) is 47.6 Å². The van der Waals surface area contributed by atoms with E-state index in [1.807, 2.05) is 13.8 Å². The second-order valence-corrected chi connectivity index (χ2v) is 6.94. The van der Waals surface area contributed by atoms with Crippen molar-refractivity contribution in [2.24, 2.45) is 0 Å². The molecular formula is C11H23NO3Si. The second kappa shape index (κ2) is 8.49. The Morgan fingerprint density at radius 2 is 1.94 bits per heavy atom. The maximum absolute atomic E-state index is 10.9. The van der Waals surface area contributed by atoms with Crippen LogP contribution in [0.5, 0.6) is 0 Å². The molecule has 0 aromatic heterocycles. The Morgan fingerprint density at radius 1 is 1.38 bits per heavy atom. The highest BCUT2D eigenvalue weighted by atomic mass is 28.4. The van der Waals surface area contributed by atoms with Crippen molar-refractivity contribution in [3.05, 3.63) is 12.7 Å². The van der Waals surface area contributed by atoms with Gasteiger partial charge in [-0.05, 0) is 38.9 Å². The summed E-state index contributed by atoms with van der Waals surface area (Å²) < 4.78 is 11.4. The number of carbonyl (C=O) groups is 1. The van der Waals surface area contributed by atoms with E-state index in [4.69, 9.17) is 8.85 Å². The van der Waals surface area contributed by atoms with Gasteiger partial charge in [0.2, 0.25) is 5.91 Å². The molecule has 1 amide bonds. The Balaban J connectivity index is 3.84. The minimum Gasteiger partial charge on any atom is -0.395 e. The minimum atomic E-state index is -2.01. The first-order chi connectivity index (χ1) is 7.58. The molecule has 0 saturated heterocycles. The van der Waals surface area contributed by atoms with Gasteiger partial charge in [-0.25, -0.2) is 0 Å². The van der Waals surface area contributed by atoms with Crippen LogP contribution in [0.4, 0.5) is 0 Å². The van der Waals surface area contributed by atoms with E-state index in [1.165, 1.54) is 6.08 Å². The van der Waals surface area contributed by atoms with Gasteiger partial charge in [-0.15, -0.1) is 0 Å². The van der Waals surface area contributed by atoms with E-state index < -0.39 is 8.56 Å². The van der Waals surface area contributed by atoms with E-state index in [1.54, 1.807) is 0 Å². The van der Waals surface area contributed by atoms with Gasteiger partial charge in [0.15, 0.2) is 0 Å². The van der Waals surface area contributed by atoms with Gasteiger partial charge in [0.1, 0.15) is 0 Å². The predicted molar refractivity (Wildman–Crippen MR) is 67.5 cm³/mol. The van der Waals surface area contributed by atoms with Gasteiger partial charge in [0, 0.05) is 19.8 Å². The highest BCUT2D eigenvalue weighted by molar-refractivity contribution is 6.66. The number of hydrogen-bond acceptors (Lipinski definition) is 3. The molecule has 5 heteroatoms. The molecule has 0 rings (SSSR count). The van der Waals surface area contributed by atoms with Crippen LogP contribution >= 0.6 is 0 Å². The summed E-state index contributed by atoms with van der Waals surface area (Å²) >= 11 is 0. The zero-order chi connectivity index (χ0) is 12.4. The average molecular weight is 245 g/mol. The lowest BCUT2D eigenvalue weighted by Gasteiger charge is -2.25. The van der Waals surface area contributed by atoms with Crippen molar-refractivity contribution in [3.63, 3.8) is 0 Å². The monoisotopic (exact) mass is 245 g/mol. The molecule has 1 N–H and O–H groups in total. The zero-order valence-electron chi connectivity index (χ0n) is 10.5. The molecule has 0 fully saturated rings. The third-order valence-corrected chi connectivity index (χ3v) is 5.25. The van der Waals surface area contributed by atoms with Crippen LogP contribution in [0.15, 0.2) is 12.7 Å². The molecule has 94 valence electrons. The standard InChI is InChI=1S/C11H23NO3Si/c1-5-11(13)12-9-8-10-16(4,14-6-2)15-7-3/h5H,1,6-10H2,2-4H3,(H,12,13). The fourth-order valence-corrected chi connectivity index (χ4v) is 3.90. The smallest absolute Gasteiger partial charge is 0.334 e. The molecule has 0 aromatic rings. The largest absolute Gasteiger partial charge is 0.395 e. The van der Waals surface area contributed by atoms with Crippen LogP contribution in [-0.2, 0) is 13.6 Å². The summed E-state index contributed by atoms with van der Waals surface area (Å²) in [7, 11) is -2.01. The zero-order valence-corrected chi connectivity index (χ0v) is 11.5. The van der Waals surface area contributed by atoms with Crippen LogP contribution < -0.4 is 5.32 Å². The number of carbonyl (C=O) groups excluding carboxylic acids is 1. The number of rotatable bonds is 9. The van der Waals surface area contributed by atoms with Gasteiger partial charge >= 0.3 is 8.56 Å². The lowest BCUT2D eigenvalue weighted by molar-refractivity contribution is -0.116. The Morgan fingerprint density at radius 3 is 2.38 bits per heavy atom. The molecule has 0 aromatic carbocycles. The van der Waals surface area contributed by atoms with Crippen LogP contribution in [0, 0.1) is 0 Å². The van der Waals surface area contributed by atoms with Crippen molar-refractivity contribution in [2.45, 2.75) is 32.9 Å². The highest BCUT2D eigenvalue weighted by Gasteiger charge is 2.29. The summed E-state index contributed by atoms with van der Waals surface area (Å²) in [4.78, 5) is 10.9. The highest BCUT2D eigenvalue weighted by Crippen LogP contribution is 2.15. The first-order valence-electron chi connectivity index (χ1n) is 5.76. The summed E-state index contributed by atoms with van der Waals surface area (Å²) in [5.41, 5.74) is 0. The van der Waals surface area contributed by atoms with Gasteiger partial charge in [0.25, 0.3) is 0 Å². The van der Waals surface area contributed by atoms with E-state index in [0.717, 1.165) is 12.5 Å². The maximum Gasteiger partial charge on any atom is 0.334 e. The summed E-state index contributed by atoms with van der Waals surface area (Å²) in [6.07, 6.45) is 2.16. The van der Waals surface area contributed by atoms with Crippen molar-refractivity contribution < 1.29 is 13.6 Å². The fraction of sp³-hybridized carbons (Fsp3) is 0.727. The molecule has 0 spiro atoms. The molecule has 0 atom stereocenters. The fourth-order valence-electron chi connectivity index (χ4n) is 1.49. The van der Waals surface area contributed by atoms with Crippen molar-refractivity contribution in [2.75, 3.05) is 19.8 Å². The molecular weight excluding hydrogens is 222 g/mol. The number of amides is 1. The number of hydrogen-bond donors (Lipinski definition) is 1. The second-order valence-electron chi connectivity index (χ2n) is 3.60. The van der Waals surface area contributed by atoms with Gasteiger partial charge < -0.3 is 14.2 Å². The van der Waals surface area contributed by atoms with Crippen molar-refractivity contribution in [3.8, 4) is 0 Å². The van der Waals surface area contributed by atoms with Crippen LogP contribution in [0.1, 0.15) is 20.3 Å². The maximum atomic E-state index is 10.9. The van der Waals surface area contributed by atoms with E-state index in [-0.39, 0.29) is 5.91 Å². The Kier molecular flexibility index (Phi) is 8.15. The van der Waals surface area contributed by atoms with Gasteiger partial charge in [-0.1, -0.05) is 6.58 Å². The molecule has 16 heavy (non-hydrogen) atoms. The quantitative estimate of drug-likeness (QED) is 0.383. The normalized spacial score (nSPS) is 11.2. The Labute approximate surface area is 99.3 Å². The van der Waals surface area contributed by atoms with Crippen LogP contribution in [0.3, 0.4) is 0 Å². The molecule has 0 aliphatic heterocycles. The predicted octanol–water partition coefficient (Wildman–Crippen LogP) is 1.82. The third kappa shape index (κ3) is 6.76. The SMILES string of the molecule is C=CC(=O)NCCC[Si](C)(OCC)OCC. The van der Waals surface area contributed by atoms with Crippen molar-refractivity contribution in [1.29, 1.82) is 0 Å². The average Bonchev–Trinajstić information content (AvgIpc) is 2.25. The van der Waals surface area contributed by atoms with Gasteiger partial charge in [-0.3, -0.25) is 4.79 Å². The number of nitrogens with one attached hydrogen (secondary N) is 1. The Bertz CT molecular complexity index is 215. The first kappa shape index (κ1) is 15.3. The molecule has 0 heterocycles.